The maximum Gasteiger partial charge on any atom is 0.246 e. The zero-order valence-corrected chi connectivity index (χ0v) is 29.3. The highest BCUT2D eigenvalue weighted by Crippen LogP contribution is 2.23. The van der Waals surface area contributed by atoms with Crippen molar-refractivity contribution in [2.24, 2.45) is 5.92 Å². The molecule has 2 aliphatic rings. The molecule has 5 atom stereocenters. The molecular formula is C36H44N8O9. The first-order chi connectivity index (χ1) is 25.3. The number of carbonyl (C=O) groups is 7. The minimum atomic E-state index is -1.67. The topological polar surface area (TPSA) is 251 Å². The molecule has 3 aromatic rings. The number of amides is 7. The second-order valence-corrected chi connectivity index (χ2v) is 13.4. The van der Waals surface area contributed by atoms with E-state index in [2.05, 4.69) is 36.9 Å². The van der Waals surface area contributed by atoms with Crippen molar-refractivity contribution in [1.29, 1.82) is 0 Å². The highest BCUT2D eigenvalue weighted by molar-refractivity contribution is 5.97. The maximum absolute atomic E-state index is 14.1. The van der Waals surface area contributed by atoms with Gasteiger partial charge in [-0.05, 0) is 48.1 Å². The third-order valence-corrected chi connectivity index (χ3v) is 9.26. The number of aromatic amines is 1. The molecule has 7 amide bonds. The Labute approximate surface area is 304 Å². The molecule has 5 rings (SSSR count). The van der Waals surface area contributed by atoms with Crippen molar-refractivity contribution in [1.82, 2.24) is 41.8 Å². The van der Waals surface area contributed by atoms with Crippen LogP contribution < -0.4 is 31.9 Å². The molecule has 2 fully saturated rings. The number of carbonyl (C=O) groups excluding carboxylic acids is 7. The van der Waals surface area contributed by atoms with E-state index >= 15 is 0 Å². The van der Waals surface area contributed by atoms with Gasteiger partial charge in [0.05, 0.1) is 19.6 Å². The van der Waals surface area contributed by atoms with Gasteiger partial charge < -0.3 is 52.0 Å². The van der Waals surface area contributed by atoms with Crippen LogP contribution in [-0.4, -0.2) is 112 Å². The highest BCUT2D eigenvalue weighted by atomic mass is 16.3. The average Bonchev–Trinajstić information content (AvgIpc) is 3.80. The third-order valence-electron chi connectivity index (χ3n) is 9.26. The van der Waals surface area contributed by atoms with E-state index < -0.39 is 97.2 Å². The summed E-state index contributed by atoms with van der Waals surface area (Å²) in [6.45, 7) is 1.76. The number of hydrogen-bond donors (Lipinski definition) is 9. The van der Waals surface area contributed by atoms with Crippen LogP contribution in [-0.2, 0) is 40.0 Å². The molecule has 0 spiro atoms. The normalized spacial score (nSPS) is 23.5. The number of aliphatic hydroxyl groups is 1. The fraction of sp³-hybridized carbons (Fsp3) is 0.417. The van der Waals surface area contributed by atoms with Gasteiger partial charge in [0.15, 0.2) is 0 Å². The van der Waals surface area contributed by atoms with Crippen LogP contribution in [0.5, 0.6) is 5.75 Å². The van der Waals surface area contributed by atoms with Gasteiger partial charge in [-0.1, -0.05) is 44.2 Å². The molecule has 3 heterocycles. The Kier molecular flexibility index (Phi) is 12.3. The number of phenols is 1. The Morgan fingerprint density at radius 3 is 2.00 bits per heavy atom. The number of rotatable bonds is 5. The van der Waals surface area contributed by atoms with Gasteiger partial charge in [-0.25, -0.2) is 0 Å². The molecule has 53 heavy (non-hydrogen) atoms. The minimum absolute atomic E-state index is 0.0334. The van der Waals surface area contributed by atoms with Gasteiger partial charge in [-0.2, -0.15) is 0 Å². The van der Waals surface area contributed by atoms with Crippen LogP contribution in [0.4, 0.5) is 0 Å². The van der Waals surface area contributed by atoms with E-state index in [1.807, 2.05) is 24.3 Å². The molecule has 0 saturated carbocycles. The number of aromatic nitrogens is 1. The molecule has 9 N–H and O–H groups in total. The van der Waals surface area contributed by atoms with Gasteiger partial charge in [0.1, 0.15) is 36.0 Å². The van der Waals surface area contributed by atoms with E-state index in [1.54, 1.807) is 20.0 Å². The smallest absolute Gasteiger partial charge is 0.246 e. The Morgan fingerprint density at radius 2 is 1.34 bits per heavy atom. The Balaban J connectivity index is 1.44. The zero-order chi connectivity index (χ0) is 38.2. The molecule has 17 heteroatoms. The Bertz CT molecular complexity index is 1860. The molecule has 0 radical (unpaired) electrons. The number of H-pyrrole nitrogens is 1. The largest absolute Gasteiger partial charge is 0.508 e. The van der Waals surface area contributed by atoms with Crippen molar-refractivity contribution < 1.29 is 43.8 Å². The summed E-state index contributed by atoms with van der Waals surface area (Å²) >= 11 is 0. The zero-order valence-electron chi connectivity index (χ0n) is 29.3. The predicted octanol–water partition coefficient (Wildman–Crippen LogP) is -1.39. The van der Waals surface area contributed by atoms with Gasteiger partial charge in [0.25, 0.3) is 0 Å². The molecule has 0 aliphatic carbocycles. The van der Waals surface area contributed by atoms with Gasteiger partial charge in [0, 0.05) is 30.1 Å². The van der Waals surface area contributed by atoms with E-state index in [1.165, 1.54) is 29.2 Å². The van der Waals surface area contributed by atoms with Crippen LogP contribution in [0.25, 0.3) is 10.9 Å². The van der Waals surface area contributed by atoms with Crippen LogP contribution in [0.3, 0.4) is 0 Å². The molecule has 17 nitrogen and oxygen atoms in total. The second-order valence-electron chi connectivity index (χ2n) is 13.4. The van der Waals surface area contributed by atoms with Crippen LogP contribution >= 0.6 is 0 Å². The van der Waals surface area contributed by atoms with Crippen LogP contribution in [0.1, 0.15) is 43.9 Å². The molecular weight excluding hydrogens is 688 g/mol. The predicted molar refractivity (Wildman–Crippen MR) is 189 cm³/mol. The summed E-state index contributed by atoms with van der Waals surface area (Å²) in [4.78, 5) is 97.9. The minimum Gasteiger partial charge on any atom is -0.508 e. The van der Waals surface area contributed by atoms with Crippen molar-refractivity contribution in [3.05, 3.63) is 65.9 Å². The summed E-state index contributed by atoms with van der Waals surface area (Å²) in [6.07, 6.45) is 0.903. The molecule has 2 aliphatic heterocycles. The lowest BCUT2D eigenvalue weighted by atomic mass is 10.0. The quantitative estimate of drug-likeness (QED) is 0.150. The molecule has 0 bridgehead atoms. The first kappa shape index (κ1) is 38.3. The summed E-state index contributed by atoms with van der Waals surface area (Å²) in [5.41, 5.74) is 1.68. The van der Waals surface area contributed by atoms with Gasteiger partial charge in [0.2, 0.25) is 41.4 Å². The molecule has 2 unspecified atom stereocenters. The van der Waals surface area contributed by atoms with E-state index in [-0.39, 0.29) is 24.3 Å². The number of aromatic hydroxyl groups is 1. The van der Waals surface area contributed by atoms with Crippen molar-refractivity contribution in [3.63, 3.8) is 0 Å². The number of nitrogens with zero attached hydrogens (tertiary/aromatic N) is 1. The monoisotopic (exact) mass is 732 g/mol. The highest BCUT2D eigenvalue weighted by Gasteiger charge is 2.39. The summed E-state index contributed by atoms with van der Waals surface area (Å²) in [7, 11) is 0. The van der Waals surface area contributed by atoms with Crippen molar-refractivity contribution in [3.8, 4) is 5.75 Å². The number of benzene rings is 2. The number of fused-ring (bicyclic) bond motifs is 2. The van der Waals surface area contributed by atoms with E-state index in [0.29, 0.717) is 18.4 Å². The fourth-order valence-corrected chi connectivity index (χ4v) is 6.44. The van der Waals surface area contributed by atoms with Gasteiger partial charge in [-0.3, -0.25) is 33.6 Å². The molecule has 2 aromatic carbocycles. The molecule has 2 saturated heterocycles. The van der Waals surface area contributed by atoms with Crippen molar-refractivity contribution in [2.45, 2.75) is 63.4 Å². The standard InChI is InChI=1S/C36H44N8O9/c1-19(2)30-34(51)39-18-29(48)43-31(32(49)20-9-11-22(45)12-10-20)35(52)40-16-27(46)41-25(14-21-15-37-24-7-4-3-6-23(21)24)36(53)44-13-5-8-26(44)33(50)38-17-28(47)42-30/h3-4,6-7,9-12,15,19,25-26,30-32,37,45,49H,5,8,13-14,16-18H2,1-2H3,(H,38,50)(H,39,51)(H,40,52)(H,41,46)(H,42,47)(H,43,48)/t25-,26+,30+,31?,32?/m1/s1. The van der Waals surface area contributed by atoms with Crippen molar-refractivity contribution >= 4 is 52.3 Å². The molecule has 282 valence electrons. The average molecular weight is 733 g/mol. The summed E-state index contributed by atoms with van der Waals surface area (Å²) in [5, 5.41) is 36.7. The van der Waals surface area contributed by atoms with Gasteiger partial charge >= 0.3 is 0 Å². The summed E-state index contributed by atoms with van der Waals surface area (Å²) in [6, 6.07) is 7.76. The Morgan fingerprint density at radius 1 is 0.755 bits per heavy atom. The SMILES string of the molecule is CC(C)[C@@H]1NC(=O)CNC(=O)[C@@H]2CCCN2C(=O)[C@@H](Cc2c[nH]c3ccccc23)NC(=O)CNC(=O)C(C(O)c2ccc(O)cc2)NC(=O)CNC1=O. The first-order valence-electron chi connectivity index (χ1n) is 17.4. The Hall–Kier alpha value is -5.97. The first-order valence-corrected chi connectivity index (χ1v) is 17.4. The number of para-hydroxylation sites is 1. The van der Waals surface area contributed by atoms with E-state index in [0.717, 1.165) is 10.9 Å². The summed E-state index contributed by atoms with van der Waals surface area (Å²) in [5.74, 6) is -5.68. The van der Waals surface area contributed by atoms with Gasteiger partial charge in [-0.15, -0.1) is 0 Å². The van der Waals surface area contributed by atoms with E-state index in [4.69, 9.17) is 0 Å². The number of hydrogen-bond acceptors (Lipinski definition) is 9. The second kappa shape index (κ2) is 17.0. The number of aliphatic hydroxyl groups excluding tert-OH is 1. The lowest BCUT2D eigenvalue weighted by Gasteiger charge is -2.29. The number of phenolic OH excluding ortho intramolecular Hbond substituents is 1. The van der Waals surface area contributed by atoms with Crippen molar-refractivity contribution in [2.75, 3.05) is 26.2 Å². The summed E-state index contributed by atoms with van der Waals surface area (Å²) < 4.78 is 0. The third kappa shape index (κ3) is 9.48. The van der Waals surface area contributed by atoms with Crippen LogP contribution in [0.15, 0.2) is 54.7 Å². The number of nitrogens with one attached hydrogen (secondary N) is 7. The lowest BCUT2D eigenvalue weighted by molar-refractivity contribution is -0.141. The van der Waals surface area contributed by atoms with Crippen LogP contribution in [0.2, 0.25) is 0 Å². The van der Waals surface area contributed by atoms with Crippen LogP contribution in [0, 0.1) is 5.92 Å². The molecule has 1 aromatic heterocycles. The lowest BCUT2D eigenvalue weighted by Crippen LogP contribution is -2.56. The maximum atomic E-state index is 14.1. The van der Waals surface area contributed by atoms with E-state index in [9.17, 15) is 43.8 Å². The fourth-order valence-electron chi connectivity index (χ4n) is 6.44.